The predicted octanol–water partition coefficient (Wildman–Crippen LogP) is 0.843. The van der Waals surface area contributed by atoms with E-state index in [2.05, 4.69) is 5.32 Å². The highest BCUT2D eigenvalue weighted by molar-refractivity contribution is 5.88. The van der Waals surface area contributed by atoms with Crippen LogP contribution in [0, 0.1) is 0 Å². The summed E-state index contributed by atoms with van der Waals surface area (Å²) >= 11 is 0. The smallest absolute Gasteiger partial charge is 0.221 e. The lowest BCUT2D eigenvalue weighted by atomic mass is 10.2. The van der Waals surface area contributed by atoms with Crippen molar-refractivity contribution in [3.63, 3.8) is 0 Å². The first kappa shape index (κ1) is 9.54. The average Bonchev–Trinajstić information content (AvgIpc) is 2.03. The van der Waals surface area contributed by atoms with Crippen LogP contribution >= 0.6 is 0 Å². The molecular weight excluding hydrogens is 170 g/mol. The number of amides is 1. The Balaban J connectivity index is 2.89. The minimum Gasteiger partial charge on any atom is -0.508 e. The van der Waals surface area contributed by atoms with Crippen LogP contribution in [0.2, 0.25) is 0 Å². The van der Waals surface area contributed by atoms with E-state index in [-0.39, 0.29) is 18.3 Å². The topological polar surface area (TPSA) is 69.6 Å². The van der Waals surface area contributed by atoms with Crippen molar-refractivity contribution in [2.24, 2.45) is 0 Å². The zero-order chi connectivity index (χ0) is 9.84. The summed E-state index contributed by atoms with van der Waals surface area (Å²) in [5.74, 6) is -0.218. The summed E-state index contributed by atoms with van der Waals surface area (Å²) < 4.78 is 0. The van der Waals surface area contributed by atoms with Gasteiger partial charge >= 0.3 is 0 Å². The molecule has 1 aromatic carbocycles. The van der Waals surface area contributed by atoms with E-state index in [0.29, 0.717) is 11.3 Å². The first-order valence-electron chi connectivity index (χ1n) is 3.84. The molecule has 0 bridgehead atoms. The molecule has 70 valence electrons. The van der Waals surface area contributed by atoms with Crippen molar-refractivity contribution >= 4 is 11.6 Å². The average molecular weight is 181 g/mol. The number of rotatable bonds is 2. The van der Waals surface area contributed by atoms with Gasteiger partial charge in [-0.05, 0) is 6.07 Å². The first-order valence-corrected chi connectivity index (χ1v) is 3.84. The number of hydrogen-bond acceptors (Lipinski definition) is 3. The quantitative estimate of drug-likeness (QED) is 0.633. The Morgan fingerprint density at radius 2 is 2.23 bits per heavy atom. The molecule has 0 saturated heterocycles. The molecule has 0 aliphatic rings. The van der Waals surface area contributed by atoms with Gasteiger partial charge in [0.1, 0.15) is 5.75 Å². The van der Waals surface area contributed by atoms with Crippen LogP contribution in [0.25, 0.3) is 0 Å². The number of aromatic hydroxyl groups is 1. The number of aliphatic hydroxyl groups is 1. The molecule has 4 nitrogen and oxygen atoms in total. The maximum atomic E-state index is 10.6. The van der Waals surface area contributed by atoms with Crippen molar-refractivity contribution in [2.75, 3.05) is 5.32 Å². The van der Waals surface area contributed by atoms with Crippen LogP contribution in [0.3, 0.4) is 0 Å². The predicted molar refractivity (Wildman–Crippen MR) is 48.3 cm³/mol. The molecule has 0 aromatic heterocycles. The normalized spacial score (nSPS) is 9.69. The fraction of sp³-hybridized carbons (Fsp3) is 0.222. The Labute approximate surface area is 75.8 Å². The second-order valence-corrected chi connectivity index (χ2v) is 2.68. The minimum atomic E-state index is -0.216. The van der Waals surface area contributed by atoms with E-state index >= 15 is 0 Å². The molecule has 0 radical (unpaired) electrons. The van der Waals surface area contributed by atoms with Crippen LogP contribution in [0.1, 0.15) is 12.5 Å². The van der Waals surface area contributed by atoms with Crippen molar-refractivity contribution in [3.05, 3.63) is 23.8 Å². The second-order valence-electron chi connectivity index (χ2n) is 2.68. The highest BCUT2D eigenvalue weighted by Gasteiger charge is 2.01. The molecule has 1 amide bonds. The summed E-state index contributed by atoms with van der Waals surface area (Å²) in [6.45, 7) is 1.17. The molecule has 13 heavy (non-hydrogen) atoms. The molecule has 0 aliphatic heterocycles. The summed E-state index contributed by atoms with van der Waals surface area (Å²) in [6.07, 6.45) is 0. The van der Waals surface area contributed by atoms with Gasteiger partial charge in [-0.1, -0.05) is 6.07 Å². The Kier molecular flexibility index (Phi) is 2.87. The van der Waals surface area contributed by atoms with Crippen LogP contribution in [0.5, 0.6) is 5.75 Å². The fourth-order valence-corrected chi connectivity index (χ4v) is 0.979. The highest BCUT2D eigenvalue weighted by atomic mass is 16.3. The number of aliphatic hydroxyl groups excluding tert-OH is 1. The molecule has 0 unspecified atom stereocenters. The van der Waals surface area contributed by atoms with Gasteiger partial charge in [0.25, 0.3) is 0 Å². The highest BCUT2D eigenvalue weighted by Crippen LogP contribution is 2.21. The van der Waals surface area contributed by atoms with E-state index in [1.807, 2.05) is 0 Å². The third-order valence-electron chi connectivity index (χ3n) is 1.58. The molecule has 4 heteroatoms. The number of anilines is 1. The lowest BCUT2D eigenvalue weighted by Gasteiger charge is -2.05. The Bertz CT molecular complexity index is 323. The summed E-state index contributed by atoms with van der Waals surface area (Å²) in [5.41, 5.74) is 0.955. The van der Waals surface area contributed by atoms with Crippen LogP contribution < -0.4 is 5.32 Å². The minimum absolute atomic E-state index is 0.0197. The lowest BCUT2D eigenvalue weighted by molar-refractivity contribution is -0.114. The molecule has 0 saturated carbocycles. The van der Waals surface area contributed by atoms with E-state index in [9.17, 15) is 9.90 Å². The Morgan fingerprint density at radius 3 is 2.69 bits per heavy atom. The molecule has 1 rings (SSSR count). The van der Waals surface area contributed by atoms with Gasteiger partial charge in [0.15, 0.2) is 0 Å². The summed E-state index contributed by atoms with van der Waals surface area (Å²) in [5, 5.41) is 20.6. The Hall–Kier alpha value is -1.55. The SMILES string of the molecule is CC(=O)Nc1ccc(CO)c(O)c1. The van der Waals surface area contributed by atoms with Crippen LogP contribution in [0.15, 0.2) is 18.2 Å². The third kappa shape index (κ3) is 2.45. The van der Waals surface area contributed by atoms with Gasteiger partial charge in [0, 0.05) is 24.2 Å². The third-order valence-corrected chi connectivity index (χ3v) is 1.58. The van der Waals surface area contributed by atoms with Gasteiger partial charge in [-0.3, -0.25) is 4.79 Å². The first-order chi connectivity index (χ1) is 6.13. The van der Waals surface area contributed by atoms with Crippen molar-refractivity contribution in [3.8, 4) is 5.75 Å². The zero-order valence-electron chi connectivity index (χ0n) is 7.24. The van der Waals surface area contributed by atoms with Crippen molar-refractivity contribution in [2.45, 2.75) is 13.5 Å². The standard InChI is InChI=1S/C9H11NO3/c1-6(12)10-8-3-2-7(5-11)9(13)4-8/h2-4,11,13H,5H2,1H3,(H,10,12). The van der Waals surface area contributed by atoms with Gasteiger partial charge in [-0.2, -0.15) is 0 Å². The lowest BCUT2D eigenvalue weighted by Crippen LogP contribution is -2.05. The number of hydrogen-bond donors (Lipinski definition) is 3. The Morgan fingerprint density at radius 1 is 1.54 bits per heavy atom. The van der Waals surface area contributed by atoms with Crippen LogP contribution in [-0.2, 0) is 11.4 Å². The van der Waals surface area contributed by atoms with Gasteiger partial charge in [0.2, 0.25) is 5.91 Å². The second kappa shape index (κ2) is 3.91. The monoisotopic (exact) mass is 181 g/mol. The fourth-order valence-electron chi connectivity index (χ4n) is 0.979. The van der Waals surface area contributed by atoms with Gasteiger partial charge in [-0.15, -0.1) is 0 Å². The molecule has 0 heterocycles. The summed E-state index contributed by atoms with van der Waals surface area (Å²) in [6, 6.07) is 4.57. The maximum Gasteiger partial charge on any atom is 0.221 e. The summed E-state index contributed by atoms with van der Waals surface area (Å²) in [7, 11) is 0. The van der Waals surface area contributed by atoms with Gasteiger partial charge in [0.05, 0.1) is 6.61 Å². The molecule has 0 spiro atoms. The zero-order valence-corrected chi connectivity index (χ0v) is 7.24. The number of carbonyl (C=O) groups is 1. The molecule has 1 aromatic rings. The van der Waals surface area contributed by atoms with E-state index < -0.39 is 0 Å². The molecule has 0 aliphatic carbocycles. The summed E-state index contributed by atoms with van der Waals surface area (Å²) in [4.78, 5) is 10.6. The van der Waals surface area contributed by atoms with E-state index in [0.717, 1.165) is 0 Å². The van der Waals surface area contributed by atoms with E-state index in [1.165, 1.54) is 13.0 Å². The number of carbonyl (C=O) groups excluding carboxylic acids is 1. The molecule has 0 atom stereocenters. The molecule has 0 fully saturated rings. The van der Waals surface area contributed by atoms with Crippen molar-refractivity contribution in [1.29, 1.82) is 0 Å². The maximum absolute atomic E-state index is 10.6. The van der Waals surface area contributed by atoms with Crippen molar-refractivity contribution in [1.82, 2.24) is 0 Å². The van der Waals surface area contributed by atoms with Gasteiger partial charge in [-0.25, -0.2) is 0 Å². The number of phenols is 1. The number of nitrogens with one attached hydrogen (secondary N) is 1. The van der Waals surface area contributed by atoms with Crippen molar-refractivity contribution < 1.29 is 15.0 Å². The molecule has 3 N–H and O–H groups in total. The largest absolute Gasteiger partial charge is 0.508 e. The number of benzene rings is 1. The van der Waals surface area contributed by atoms with Crippen LogP contribution in [-0.4, -0.2) is 16.1 Å². The molecular formula is C9H11NO3. The van der Waals surface area contributed by atoms with E-state index in [4.69, 9.17) is 5.11 Å². The van der Waals surface area contributed by atoms with E-state index in [1.54, 1.807) is 12.1 Å². The van der Waals surface area contributed by atoms with Gasteiger partial charge < -0.3 is 15.5 Å². The van der Waals surface area contributed by atoms with Crippen LogP contribution in [0.4, 0.5) is 5.69 Å².